The monoisotopic (exact) mass is 440 g/mol. The van der Waals surface area contributed by atoms with E-state index in [9.17, 15) is 4.39 Å². The van der Waals surface area contributed by atoms with Crippen molar-refractivity contribution >= 4 is 22.7 Å². The molecule has 0 bridgehead atoms. The average Bonchev–Trinajstić information content (AvgIpc) is 3.25. The first-order valence-electron chi connectivity index (χ1n) is 10.5. The van der Waals surface area contributed by atoms with Gasteiger partial charge in [-0.05, 0) is 36.8 Å². The van der Waals surface area contributed by atoms with Gasteiger partial charge in [0.1, 0.15) is 5.82 Å². The minimum atomic E-state index is -0.225. The summed E-state index contributed by atoms with van der Waals surface area (Å²) in [6.07, 6.45) is 0. The number of pyridine rings is 1. The van der Waals surface area contributed by atoms with Crippen LogP contribution in [0.2, 0.25) is 0 Å². The van der Waals surface area contributed by atoms with E-state index in [1.807, 2.05) is 42.5 Å². The zero-order valence-electron chi connectivity index (χ0n) is 17.6. The quantitative estimate of drug-likeness (QED) is 0.279. The van der Waals surface area contributed by atoms with Crippen molar-refractivity contribution in [1.82, 2.24) is 19.7 Å². The molecule has 3 aromatic carbocycles. The molecule has 2 heterocycles. The van der Waals surface area contributed by atoms with E-state index in [1.165, 1.54) is 6.07 Å². The minimum Gasteiger partial charge on any atom is -0.302 e. The number of nitrogens with zero attached hydrogens (tertiary/aromatic N) is 4. The number of halogens is 1. The van der Waals surface area contributed by atoms with Gasteiger partial charge < -0.3 is 4.57 Å². The van der Waals surface area contributed by atoms with Crippen molar-refractivity contribution in [3.63, 3.8) is 0 Å². The predicted octanol–water partition coefficient (Wildman–Crippen LogP) is 6.61. The number of fused-ring (bicyclic) bond motifs is 1. The van der Waals surface area contributed by atoms with Crippen LogP contribution >= 0.6 is 11.8 Å². The maximum atomic E-state index is 13.5. The summed E-state index contributed by atoms with van der Waals surface area (Å²) in [4.78, 5) is 4.88. The van der Waals surface area contributed by atoms with Gasteiger partial charge in [-0.15, -0.1) is 10.2 Å². The maximum absolute atomic E-state index is 13.5. The summed E-state index contributed by atoms with van der Waals surface area (Å²) < 4.78 is 15.7. The van der Waals surface area contributed by atoms with E-state index in [0.29, 0.717) is 5.75 Å². The fraction of sp³-hybridized carbons (Fsp3) is 0.115. The van der Waals surface area contributed by atoms with Crippen molar-refractivity contribution in [2.75, 3.05) is 0 Å². The van der Waals surface area contributed by atoms with Crippen LogP contribution in [0.5, 0.6) is 0 Å². The Balaban J connectivity index is 1.58. The van der Waals surface area contributed by atoms with Crippen molar-refractivity contribution in [1.29, 1.82) is 0 Å². The molecule has 0 amide bonds. The first-order chi connectivity index (χ1) is 15.7. The van der Waals surface area contributed by atoms with Crippen LogP contribution in [-0.2, 0) is 12.3 Å². The molecule has 0 N–H and O–H groups in total. The van der Waals surface area contributed by atoms with Gasteiger partial charge in [-0.3, -0.25) is 0 Å². The highest BCUT2D eigenvalue weighted by molar-refractivity contribution is 7.98. The Morgan fingerprint density at radius 3 is 2.50 bits per heavy atom. The van der Waals surface area contributed by atoms with Crippen LogP contribution in [0.4, 0.5) is 4.39 Å². The molecule has 0 saturated carbocycles. The second-order valence-electron chi connectivity index (χ2n) is 7.41. The topological polar surface area (TPSA) is 43.6 Å². The standard InChI is InChI=1S/C26H21FN4S/c1-2-31-25(29-30-26(31)32-17-18-9-8-12-20(27)15-18)22-16-24(19-10-4-3-5-11-19)28-23-14-7-6-13-21(22)23/h3-16H,2,17H2,1H3. The summed E-state index contributed by atoms with van der Waals surface area (Å²) in [6.45, 7) is 2.81. The molecule has 0 atom stereocenters. The van der Waals surface area contributed by atoms with Gasteiger partial charge in [-0.25, -0.2) is 9.37 Å². The van der Waals surface area contributed by atoms with Crippen molar-refractivity contribution in [2.45, 2.75) is 24.4 Å². The van der Waals surface area contributed by atoms with Gasteiger partial charge in [0, 0.05) is 28.8 Å². The first-order valence-corrected chi connectivity index (χ1v) is 11.5. The summed E-state index contributed by atoms with van der Waals surface area (Å²) in [7, 11) is 0. The number of para-hydroxylation sites is 1. The van der Waals surface area contributed by atoms with Crippen LogP contribution < -0.4 is 0 Å². The summed E-state index contributed by atoms with van der Waals surface area (Å²) in [5.41, 5.74) is 4.80. The Morgan fingerprint density at radius 2 is 1.69 bits per heavy atom. The van der Waals surface area contributed by atoms with E-state index in [-0.39, 0.29) is 5.82 Å². The predicted molar refractivity (Wildman–Crippen MR) is 128 cm³/mol. The highest BCUT2D eigenvalue weighted by Gasteiger charge is 2.17. The Labute approximate surface area is 190 Å². The molecule has 4 nitrogen and oxygen atoms in total. The molecule has 5 rings (SSSR count). The van der Waals surface area contributed by atoms with Crippen molar-refractivity contribution in [2.24, 2.45) is 0 Å². The molecular weight excluding hydrogens is 419 g/mol. The fourth-order valence-corrected chi connectivity index (χ4v) is 4.72. The van der Waals surface area contributed by atoms with Crippen LogP contribution in [0.15, 0.2) is 90.1 Å². The molecule has 0 spiro atoms. The Bertz CT molecular complexity index is 1380. The van der Waals surface area contributed by atoms with Gasteiger partial charge in [0.05, 0.1) is 11.2 Å². The highest BCUT2D eigenvalue weighted by atomic mass is 32.2. The number of hydrogen-bond acceptors (Lipinski definition) is 4. The van der Waals surface area contributed by atoms with Crippen LogP contribution in [-0.4, -0.2) is 19.7 Å². The molecule has 5 aromatic rings. The van der Waals surface area contributed by atoms with Gasteiger partial charge in [0.2, 0.25) is 0 Å². The van der Waals surface area contributed by atoms with E-state index in [1.54, 1.807) is 23.9 Å². The zero-order chi connectivity index (χ0) is 21.9. The lowest BCUT2D eigenvalue weighted by Crippen LogP contribution is -2.01. The number of hydrogen-bond donors (Lipinski definition) is 0. The van der Waals surface area contributed by atoms with Gasteiger partial charge in [-0.1, -0.05) is 72.4 Å². The molecular formula is C26H21FN4S. The molecule has 32 heavy (non-hydrogen) atoms. The van der Waals surface area contributed by atoms with Gasteiger partial charge in [0.15, 0.2) is 11.0 Å². The first kappa shape index (κ1) is 20.4. The van der Waals surface area contributed by atoms with E-state index in [0.717, 1.165) is 50.8 Å². The molecule has 0 aliphatic carbocycles. The van der Waals surface area contributed by atoms with Crippen LogP contribution in [0, 0.1) is 5.82 Å². The molecule has 0 radical (unpaired) electrons. The van der Waals surface area contributed by atoms with Crippen LogP contribution in [0.25, 0.3) is 33.5 Å². The third-order valence-corrected chi connectivity index (χ3v) is 6.35. The summed E-state index contributed by atoms with van der Waals surface area (Å²) in [5.74, 6) is 1.21. The van der Waals surface area contributed by atoms with Gasteiger partial charge >= 0.3 is 0 Å². The molecule has 6 heteroatoms. The lowest BCUT2D eigenvalue weighted by atomic mass is 10.0. The second-order valence-corrected chi connectivity index (χ2v) is 8.35. The Hall–Kier alpha value is -3.51. The molecule has 158 valence electrons. The SMILES string of the molecule is CCn1c(SCc2cccc(F)c2)nnc1-c1cc(-c2ccccc2)nc2ccccc12. The summed E-state index contributed by atoms with van der Waals surface area (Å²) >= 11 is 1.56. The van der Waals surface area contributed by atoms with E-state index in [4.69, 9.17) is 4.98 Å². The van der Waals surface area contributed by atoms with E-state index < -0.39 is 0 Å². The third-order valence-electron chi connectivity index (χ3n) is 5.32. The number of thioether (sulfide) groups is 1. The normalized spacial score (nSPS) is 11.2. The van der Waals surface area contributed by atoms with Crippen LogP contribution in [0.1, 0.15) is 12.5 Å². The highest BCUT2D eigenvalue weighted by Crippen LogP contribution is 2.33. The molecule has 2 aromatic heterocycles. The minimum absolute atomic E-state index is 0.225. The van der Waals surface area contributed by atoms with E-state index in [2.05, 4.69) is 46.0 Å². The lowest BCUT2D eigenvalue weighted by Gasteiger charge is -2.12. The summed E-state index contributed by atoms with van der Waals surface area (Å²) in [5, 5.41) is 10.9. The maximum Gasteiger partial charge on any atom is 0.191 e. The van der Waals surface area contributed by atoms with Crippen molar-refractivity contribution < 1.29 is 4.39 Å². The van der Waals surface area contributed by atoms with Crippen molar-refractivity contribution in [3.8, 4) is 22.6 Å². The second kappa shape index (κ2) is 8.93. The van der Waals surface area contributed by atoms with Crippen LogP contribution in [0.3, 0.4) is 0 Å². The average molecular weight is 441 g/mol. The molecule has 0 fully saturated rings. The third kappa shape index (κ3) is 4.01. The molecule has 0 aliphatic heterocycles. The molecule has 0 unspecified atom stereocenters. The smallest absolute Gasteiger partial charge is 0.191 e. The Morgan fingerprint density at radius 1 is 0.875 bits per heavy atom. The van der Waals surface area contributed by atoms with E-state index >= 15 is 0 Å². The van der Waals surface area contributed by atoms with Crippen molar-refractivity contribution in [3.05, 3.63) is 96.3 Å². The van der Waals surface area contributed by atoms with Gasteiger partial charge in [-0.2, -0.15) is 0 Å². The number of aromatic nitrogens is 4. The number of rotatable bonds is 6. The largest absolute Gasteiger partial charge is 0.302 e. The zero-order valence-corrected chi connectivity index (χ0v) is 18.4. The Kier molecular flexibility index (Phi) is 5.69. The number of benzene rings is 3. The fourth-order valence-electron chi connectivity index (χ4n) is 3.77. The van der Waals surface area contributed by atoms with Gasteiger partial charge in [0.25, 0.3) is 0 Å². The molecule has 0 aliphatic rings. The summed E-state index contributed by atoms with van der Waals surface area (Å²) in [6, 6.07) is 27.0. The lowest BCUT2D eigenvalue weighted by molar-refractivity contribution is 0.626. The molecule has 0 saturated heterocycles.